The number of carbonyl (C=O) groups is 1. The lowest BCUT2D eigenvalue weighted by molar-refractivity contribution is -0.133. The van der Waals surface area contributed by atoms with Gasteiger partial charge in [0.1, 0.15) is 0 Å². The first-order valence-electron chi connectivity index (χ1n) is 3.08. The molecule has 0 radical (unpaired) electrons. The Kier molecular flexibility index (Phi) is 2.58. The molecule has 0 aromatic heterocycles. The van der Waals surface area contributed by atoms with E-state index in [1.165, 1.54) is 11.8 Å². The minimum absolute atomic E-state index is 0.0334. The van der Waals surface area contributed by atoms with E-state index in [4.69, 9.17) is 10.8 Å². The first-order valence-corrected chi connectivity index (χ1v) is 4.13. The second kappa shape index (κ2) is 3.47. The monoisotopic (exact) mass is 175 g/mol. The van der Waals surface area contributed by atoms with Crippen molar-refractivity contribution >= 4 is 23.7 Å². The molecule has 1 rings (SSSR count). The molecular formula is C5H9N3O2S. The molecule has 0 saturated heterocycles. The van der Waals surface area contributed by atoms with Gasteiger partial charge in [-0.25, -0.2) is 0 Å². The van der Waals surface area contributed by atoms with E-state index in [1.807, 2.05) is 0 Å². The third-order valence-electron chi connectivity index (χ3n) is 1.14. The van der Waals surface area contributed by atoms with E-state index in [0.717, 1.165) is 0 Å². The van der Waals surface area contributed by atoms with Gasteiger partial charge in [-0.3, -0.25) is 9.79 Å². The summed E-state index contributed by atoms with van der Waals surface area (Å²) in [4.78, 5) is 14.0. The Labute approximate surface area is 68.1 Å². The molecule has 1 unspecified atom stereocenters. The van der Waals surface area contributed by atoms with Crippen LogP contribution in [0.25, 0.3) is 0 Å². The zero-order valence-corrected chi connectivity index (χ0v) is 6.60. The Bertz CT molecular complexity index is 194. The Balaban J connectivity index is 2.16. The van der Waals surface area contributed by atoms with Crippen LogP contribution >= 0.6 is 11.8 Å². The number of carboxylic acids is 1. The van der Waals surface area contributed by atoms with Crippen LogP contribution in [-0.4, -0.2) is 34.7 Å². The van der Waals surface area contributed by atoms with E-state index in [-0.39, 0.29) is 11.1 Å². The van der Waals surface area contributed by atoms with Gasteiger partial charge in [0.05, 0.1) is 17.7 Å². The van der Waals surface area contributed by atoms with Gasteiger partial charge in [0, 0.05) is 0 Å². The molecule has 0 fully saturated rings. The SMILES string of the molecule is NC1=NCC(SCC(=O)O)N1. The summed E-state index contributed by atoms with van der Waals surface area (Å²) >= 11 is 1.29. The van der Waals surface area contributed by atoms with E-state index in [9.17, 15) is 4.79 Å². The second-order valence-corrected chi connectivity index (χ2v) is 3.25. The average molecular weight is 175 g/mol. The van der Waals surface area contributed by atoms with Crippen molar-refractivity contribution in [2.24, 2.45) is 10.7 Å². The molecule has 0 aromatic rings. The lowest BCUT2D eigenvalue weighted by atomic mass is 10.7. The van der Waals surface area contributed by atoms with Gasteiger partial charge in [-0.05, 0) is 0 Å². The molecule has 1 aliphatic rings. The molecule has 4 N–H and O–H groups in total. The zero-order chi connectivity index (χ0) is 8.27. The summed E-state index contributed by atoms with van der Waals surface area (Å²) in [6.07, 6.45) is 0. The normalized spacial score (nSPS) is 22.5. The van der Waals surface area contributed by atoms with Crippen LogP contribution in [0.4, 0.5) is 0 Å². The van der Waals surface area contributed by atoms with Crippen LogP contribution in [0.2, 0.25) is 0 Å². The Morgan fingerprint density at radius 3 is 3.18 bits per heavy atom. The van der Waals surface area contributed by atoms with Gasteiger partial charge in [-0.15, -0.1) is 11.8 Å². The fraction of sp³-hybridized carbons (Fsp3) is 0.600. The Hall–Kier alpha value is -0.910. The zero-order valence-electron chi connectivity index (χ0n) is 5.78. The van der Waals surface area contributed by atoms with Gasteiger partial charge in [-0.1, -0.05) is 0 Å². The Morgan fingerprint density at radius 2 is 2.73 bits per heavy atom. The Morgan fingerprint density at radius 1 is 2.00 bits per heavy atom. The molecule has 11 heavy (non-hydrogen) atoms. The second-order valence-electron chi connectivity index (χ2n) is 2.06. The van der Waals surface area contributed by atoms with Crippen LogP contribution in [0.5, 0.6) is 0 Å². The molecule has 1 atom stereocenters. The third kappa shape index (κ3) is 2.67. The number of nitrogens with two attached hydrogens (primary N) is 1. The molecule has 5 nitrogen and oxygen atoms in total. The predicted octanol–water partition coefficient (Wildman–Crippen LogP) is -0.952. The lowest BCUT2D eigenvalue weighted by Crippen LogP contribution is -2.33. The number of aliphatic carboxylic acids is 1. The van der Waals surface area contributed by atoms with E-state index in [2.05, 4.69) is 10.3 Å². The minimum atomic E-state index is -0.817. The smallest absolute Gasteiger partial charge is 0.313 e. The van der Waals surface area contributed by atoms with Crippen LogP contribution in [0, 0.1) is 0 Å². The van der Waals surface area contributed by atoms with Gasteiger partial charge in [0.25, 0.3) is 0 Å². The van der Waals surface area contributed by atoms with Gasteiger partial charge in [0.2, 0.25) is 0 Å². The number of nitrogens with zero attached hydrogens (tertiary/aromatic N) is 1. The van der Waals surface area contributed by atoms with Crippen molar-refractivity contribution in [3.63, 3.8) is 0 Å². The first-order chi connectivity index (χ1) is 5.18. The van der Waals surface area contributed by atoms with Crippen molar-refractivity contribution in [1.82, 2.24) is 5.32 Å². The first kappa shape index (κ1) is 8.19. The maximum atomic E-state index is 10.1. The van der Waals surface area contributed by atoms with E-state index >= 15 is 0 Å². The number of carboxylic acid groups (broad SMARTS) is 1. The molecule has 0 aliphatic carbocycles. The fourth-order valence-electron chi connectivity index (χ4n) is 0.704. The van der Waals surface area contributed by atoms with Crippen LogP contribution < -0.4 is 11.1 Å². The number of guanidine groups is 1. The summed E-state index contributed by atoms with van der Waals surface area (Å²) in [6, 6.07) is 0. The molecule has 0 spiro atoms. The predicted molar refractivity (Wildman–Crippen MR) is 43.5 cm³/mol. The molecule has 6 heteroatoms. The number of aliphatic imine (C=N–C) groups is 1. The molecule has 0 aromatic carbocycles. The van der Waals surface area contributed by atoms with Gasteiger partial charge >= 0.3 is 5.97 Å². The molecule has 1 heterocycles. The third-order valence-corrected chi connectivity index (χ3v) is 2.23. The van der Waals surface area contributed by atoms with Crippen LogP contribution in [-0.2, 0) is 4.79 Å². The van der Waals surface area contributed by atoms with Crippen molar-refractivity contribution in [2.75, 3.05) is 12.3 Å². The minimum Gasteiger partial charge on any atom is -0.481 e. The number of hydrogen-bond donors (Lipinski definition) is 3. The molecule has 0 bridgehead atoms. The summed E-state index contributed by atoms with van der Waals surface area (Å²) in [5, 5.41) is 11.2. The highest BCUT2D eigenvalue weighted by molar-refractivity contribution is 8.00. The van der Waals surface area contributed by atoms with E-state index in [0.29, 0.717) is 12.5 Å². The molecule has 62 valence electrons. The summed E-state index contributed by atoms with van der Waals surface area (Å²) < 4.78 is 0. The summed E-state index contributed by atoms with van der Waals surface area (Å²) in [6.45, 7) is 0.559. The highest BCUT2D eigenvalue weighted by atomic mass is 32.2. The van der Waals surface area contributed by atoms with E-state index in [1.54, 1.807) is 0 Å². The summed E-state index contributed by atoms with van der Waals surface area (Å²) in [5.41, 5.74) is 5.31. The van der Waals surface area contributed by atoms with Crippen LogP contribution in [0.1, 0.15) is 0 Å². The van der Waals surface area contributed by atoms with Crippen LogP contribution in [0.15, 0.2) is 4.99 Å². The number of thioether (sulfide) groups is 1. The number of rotatable bonds is 3. The van der Waals surface area contributed by atoms with Crippen LogP contribution in [0.3, 0.4) is 0 Å². The molecule has 0 amide bonds. The lowest BCUT2D eigenvalue weighted by Gasteiger charge is -2.06. The van der Waals surface area contributed by atoms with Crippen molar-refractivity contribution in [3.8, 4) is 0 Å². The quantitative estimate of drug-likeness (QED) is 0.514. The fourth-order valence-corrected chi connectivity index (χ4v) is 1.43. The standard InChI is InChI=1S/C5H9N3O2S/c6-5-7-1-3(8-5)11-2-4(9)10/h3H,1-2H2,(H,9,10)(H3,6,7,8). The average Bonchev–Trinajstić information content (AvgIpc) is 2.31. The molecule has 1 aliphatic heterocycles. The van der Waals surface area contributed by atoms with Crippen molar-refractivity contribution in [1.29, 1.82) is 0 Å². The van der Waals surface area contributed by atoms with Crippen molar-refractivity contribution in [3.05, 3.63) is 0 Å². The van der Waals surface area contributed by atoms with Gasteiger partial charge in [0.15, 0.2) is 5.96 Å². The number of hydrogen-bond acceptors (Lipinski definition) is 5. The topological polar surface area (TPSA) is 87.7 Å². The highest BCUT2D eigenvalue weighted by Crippen LogP contribution is 2.10. The van der Waals surface area contributed by atoms with Gasteiger partial charge in [-0.2, -0.15) is 0 Å². The van der Waals surface area contributed by atoms with E-state index < -0.39 is 5.97 Å². The largest absolute Gasteiger partial charge is 0.481 e. The van der Waals surface area contributed by atoms with Gasteiger partial charge < -0.3 is 16.2 Å². The summed E-state index contributed by atoms with van der Waals surface area (Å²) in [7, 11) is 0. The highest BCUT2D eigenvalue weighted by Gasteiger charge is 2.15. The molecular weight excluding hydrogens is 166 g/mol. The van der Waals surface area contributed by atoms with Crippen molar-refractivity contribution < 1.29 is 9.90 Å². The maximum absolute atomic E-state index is 10.1. The maximum Gasteiger partial charge on any atom is 0.313 e. The molecule has 0 saturated carbocycles. The summed E-state index contributed by atoms with van der Waals surface area (Å²) in [5.74, 6) is -0.337. The van der Waals surface area contributed by atoms with Crippen molar-refractivity contribution in [2.45, 2.75) is 5.37 Å². The number of nitrogens with one attached hydrogen (secondary N) is 1.